The van der Waals surface area contributed by atoms with Gasteiger partial charge in [0.25, 0.3) is 0 Å². The molecule has 0 aliphatic carbocycles. The molecule has 0 fully saturated rings. The van der Waals surface area contributed by atoms with Gasteiger partial charge in [0, 0.05) is 0 Å². The van der Waals surface area contributed by atoms with Crippen molar-refractivity contribution in [2.45, 2.75) is 0 Å². The first-order chi connectivity index (χ1) is 7.38. The third kappa shape index (κ3) is 7.92. The van der Waals surface area contributed by atoms with Crippen LogP contribution in [0.25, 0.3) is 0 Å². The zero-order chi connectivity index (χ0) is 12.7. The number of anilines is 2. The number of nitrogen functional groups attached to an aromatic ring is 1. The van der Waals surface area contributed by atoms with Gasteiger partial charge in [0.05, 0.1) is 0 Å². The topological polar surface area (TPSA) is 80.9 Å². The average molecular weight is 639 g/mol. The number of nitrogens with two attached hydrogens (primary N) is 1. The summed E-state index contributed by atoms with van der Waals surface area (Å²) in [5.74, 6) is -0.0403. The molecule has 0 radical (unpaired) electrons. The normalized spacial score (nSPS) is 9.38. The first kappa shape index (κ1) is 17.7. The summed E-state index contributed by atoms with van der Waals surface area (Å²) in [4.78, 5) is 16.9. The maximum atomic E-state index is 10.0. The zero-order valence-corrected chi connectivity index (χ0v) is 16.7. The van der Waals surface area contributed by atoms with E-state index in [0.717, 1.165) is 0 Å². The molecule has 1 heterocycles. The Labute approximate surface area is 140 Å². The first-order valence-electron chi connectivity index (χ1n) is 3.34. The number of halogens is 5. The van der Waals surface area contributed by atoms with Crippen molar-refractivity contribution in [1.29, 1.82) is 0 Å². The standard InChI is InChI=1S/C5H4Cl2N4O.3HI.V/c6-3-2(9-1-12)4(7)11-5(8)10-3;;;;/h1H,(H,9,12)(H2,8,10,11);3*1H;/q;;;;+3/p-3. The van der Waals surface area contributed by atoms with Gasteiger partial charge in [-0.25, -0.2) is 0 Å². The minimum absolute atomic E-state index is 0.0135. The van der Waals surface area contributed by atoms with Crippen LogP contribution in [0.3, 0.4) is 0 Å². The van der Waals surface area contributed by atoms with Gasteiger partial charge in [0.2, 0.25) is 12.4 Å². The second-order valence-electron chi connectivity index (χ2n) is 1.99. The van der Waals surface area contributed by atoms with Crippen molar-refractivity contribution in [2.24, 2.45) is 0 Å². The Hall–Kier alpha value is 1.70. The van der Waals surface area contributed by atoms with E-state index < -0.39 is 0 Å². The van der Waals surface area contributed by atoms with Crippen LogP contribution in [-0.4, -0.2) is 16.4 Å². The summed E-state index contributed by atoms with van der Waals surface area (Å²) < 4.78 is 0. The van der Waals surface area contributed by atoms with E-state index in [1.165, 1.54) is 0 Å². The van der Waals surface area contributed by atoms with Gasteiger partial charge in [0.1, 0.15) is 5.69 Å². The number of carbonyl (C=O) groups excluding carboxylic acids is 1. The molecule has 0 aliphatic heterocycles. The molecule has 3 N–H and O–H groups in total. The van der Waals surface area contributed by atoms with Crippen molar-refractivity contribution in [3.05, 3.63) is 10.3 Å². The Bertz CT molecular complexity index is 344. The van der Waals surface area contributed by atoms with E-state index in [1.54, 1.807) is 0 Å². The maximum absolute atomic E-state index is 10.0. The Morgan fingerprint density at radius 3 is 1.94 bits per heavy atom. The van der Waals surface area contributed by atoms with Gasteiger partial charge in [-0.1, -0.05) is 23.2 Å². The summed E-state index contributed by atoms with van der Waals surface area (Å²) in [5.41, 5.74) is 5.37. The van der Waals surface area contributed by atoms with E-state index >= 15 is 0 Å². The van der Waals surface area contributed by atoms with Crippen molar-refractivity contribution >= 4 is 101 Å². The number of nitrogens with one attached hydrogen (secondary N) is 1. The Morgan fingerprint density at radius 1 is 1.25 bits per heavy atom. The number of aromatic nitrogens is 2. The number of hydrogen-bond donors (Lipinski definition) is 2. The molecule has 5 nitrogen and oxygen atoms in total. The van der Waals surface area contributed by atoms with Gasteiger partial charge in [-0.3, -0.25) is 4.79 Å². The predicted molar refractivity (Wildman–Crippen MR) is 88.2 cm³/mol. The molecule has 16 heavy (non-hydrogen) atoms. The van der Waals surface area contributed by atoms with Crippen LogP contribution in [0.4, 0.5) is 11.6 Å². The molecule has 0 bridgehead atoms. The Balaban J connectivity index is 0.000000487. The third-order valence-corrected chi connectivity index (χ3v) is 1.59. The molecule has 0 aliphatic rings. The van der Waals surface area contributed by atoms with Gasteiger partial charge >= 0.3 is 64.9 Å². The van der Waals surface area contributed by atoms with Crippen LogP contribution in [0.15, 0.2) is 0 Å². The van der Waals surface area contributed by atoms with E-state index in [1.807, 2.05) is 0 Å². The molecule has 11 heteroatoms. The summed E-state index contributed by atoms with van der Waals surface area (Å²) in [6.07, 6.45) is 0.423. The van der Waals surface area contributed by atoms with Crippen LogP contribution < -0.4 is 11.1 Å². The second-order valence-corrected chi connectivity index (χ2v) is 38.1. The second kappa shape index (κ2) is 9.61. The molecule has 1 aromatic heterocycles. The van der Waals surface area contributed by atoms with E-state index in [2.05, 4.69) is 75.2 Å². The van der Waals surface area contributed by atoms with Gasteiger partial charge in [-0.15, -0.1) is 0 Å². The number of nitrogens with zero attached hydrogens (tertiary/aromatic N) is 2. The number of amides is 1. The summed E-state index contributed by atoms with van der Waals surface area (Å²) in [6, 6.07) is 0. The van der Waals surface area contributed by atoms with Crippen molar-refractivity contribution in [2.75, 3.05) is 11.1 Å². The third-order valence-electron chi connectivity index (χ3n) is 1.04. The molecule has 0 saturated heterocycles. The quantitative estimate of drug-likeness (QED) is 0.295. The summed E-state index contributed by atoms with van der Waals surface area (Å²) in [6.45, 7) is 0. The van der Waals surface area contributed by atoms with Crippen molar-refractivity contribution in [3.63, 3.8) is 0 Å². The summed E-state index contributed by atoms with van der Waals surface area (Å²) in [5, 5.41) is 2.27. The van der Waals surface area contributed by atoms with Gasteiger partial charge in [-0.2, -0.15) is 9.97 Å². The minimum atomic E-state index is -0.278. The van der Waals surface area contributed by atoms with Crippen LogP contribution in [0.5, 0.6) is 0 Å². The fraction of sp³-hybridized carbons (Fsp3) is 0. The SMILES string of the molecule is Nc1nc(Cl)c(NC=O)c(Cl)n1.[I][V]([I])[I]. The van der Waals surface area contributed by atoms with Crippen molar-refractivity contribution < 1.29 is 9.72 Å². The molecule has 0 atom stereocenters. The van der Waals surface area contributed by atoms with Crippen molar-refractivity contribution in [3.8, 4) is 0 Å². The molecule has 0 unspecified atom stereocenters. The Kier molecular flexibility index (Phi) is 10.6. The van der Waals surface area contributed by atoms with Crippen LogP contribution in [0.2, 0.25) is 10.3 Å². The van der Waals surface area contributed by atoms with E-state index in [-0.39, 0.29) is 26.9 Å². The van der Waals surface area contributed by atoms with Crippen LogP contribution in [0.1, 0.15) is 0 Å². The Morgan fingerprint density at radius 2 is 1.62 bits per heavy atom. The van der Waals surface area contributed by atoms with Crippen molar-refractivity contribution in [1.82, 2.24) is 9.97 Å². The van der Waals surface area contributed by atoms with Crippen LogP contribution in [-0.2, 0) is 9.72 Å². The predicted octanol–water partition coefficient (Wildman–Crippen LogP) is 3.59. The van der Waals surface area contributed by atoms with Gasteiger partial charge in [0.15, 0.2) is 10.3 Å². The van der Waals surface area contributed by atoms with Crippen LogP contribution >= 0.6 is 83.1 Å². The zero-order valence-electron chi connectivity index (χ0n) is 7.29. The fourth-order valence-corrected chi connectivity index (χ4v) is 1.11. The molecule has 1 amide bonds. The van der Waals surface area contributed by atoms with Gasteiger partial charge in [-0.05, 0) is 0 Å². The summed E-state index contributed by atoms with van der Waals surface area (Å²) >= 11 is 18.5. The first-order valence-corrected chi connectivity index (χ1v) is 17.6. The van der Waals surface area contributed by atoms with E-state index in [4.69, 9.17) is 28.9 Å². The molecule has 90 valence electrons. The molecular formula is C5H4Cl2I3N4OV. The molecular weight excluding hydrogens is 635 g/mol. The molecule has 1 aromatic rings. The summed E-state index contributed by atoms with van der Waals surface area (Å²) in [7, 11) is 0. The molecule has 0 saturated carbocycles. The number of rotatable bonds is 2. The fourth-order valence-electron chi connectivity index (χ4n) is 0.601. The molecule has 1 rings (SSSR count). The molecule has 0 spiro atoms. The monoisotopic (exact) mass is 638 g/mol. The van der Waals surface area contributed by atoms with Crippen LogP contribution in [0, 0.1) is 0 Å². The number of hydrogen-bond acceptors (Lipinski definition) is 4. The van der Waals surface area contributed by atoms with E-state index in [9.17, 15) is 4.79 Å². The molecule has 0 aromatic carbocycles. The number of carbonyl (C=O) groups is 1. The average Bonchev–Trinajstić information content (AvgIpc) is 2.10. The van der Waals surface area contributed by atoms with Gasteiger partial charge < -0.3 is 11.1 Å². The van der Waals surface area contributed by atoms with E-state index in [0.29, 0.717) is 6.41 Å².